The van der Waals surface area contributed by atoms with E-state index in [2.05, 4.69) is 0 Å². The largest absolute Gasteiger partial charge is 0.465 e. The van der Waals surface area contributed by atoms with Crippen LogP contribution in [-0.4, -0.2) is 61.1 Å². The number of likely N-dealkylation sites (N-methyl/N-ethyl adjacent to an activating group) is 1. The predicted molar refractivity (Wildman–Crippen MR) is 126 cm³/mol. The van der Waals surface area contributed by atoms with E-state index in [1.54, 1.807) is 20.8 Å². The Morgan fingerprint density at radius 3 is 1.79 bits per heavy atom. The van der Waals surface area contributed by atoms with E-state index < -0.39 is 49.7 Å². The summed E-state index contributed by atoms with van der Waals surface area (Å²) in [6.07, 6.45) is -7.09. The zero-order chi connectivity index (χ0) is 26.9. The van der Waals surface area contributed by atoms with E-state index in [1.807, 2.05) is 33.9 Å². The van der Waals surface area contributed by atoms with E-state index in [-0.39, 0.29) is 10.6 Å². The van der Waals surface area contributed by atoms with Gasteiger partial charge in [-0.25, -0.2) is 9.86 Å². The normalized spacial score (nSPS) is 15.0. The average molecular weight is 507 g/mol. The molecule has 0 saturated heterocycles. The van der Waals surface area contributed by atoms with Gasteiger partial charge in [0.1, 0.15) is 12.1 Å². The summed E-state index contributed by atoms with van der Waals surface area (Å²) in [6, 6.07) is 2.85. The maximum atomic E-state index is 13.5. The first-order chi connectivity index (χ1) is 15.1. The van der Waals surface area contributed by atoms with Crippen LogP contribution in [0.5, 0.6) is 0 Å². The van der Waals surface area contributed by atoms with Crippen molar-refractivity contribution in [2.24, 2.45) is 0 Å². The number of hydrogen-bond acceptors (Lipinski definition) is 4. The Kier molecular flexibility index (Phi) is 9.02. The van der Waals surface area contributed by atoms with Crippen molar-refractivity contribution in [1.82, 2.24) is 9.96 Å². The molecule has 0 fully saturated rings. The highest BCUT2D eigenvalue weighted by Gasteiger charge is 2.49. The van der Waals surface area contributed by atoms with E-state index in [0.29, 0.717) is 0 Å². The van der Waals surface area contributed by atoms with E-state index in [4.69, 9.17) is 9.26 Å². The van der Waals surface area contributed by atoms with Crippen LogP contribution in [0.4, 0.5) is 18.0 Å². The van der Waals surface area contributed by atoms with Crippen LogP contribution in [0.25, 0.3) is 0 Å². The monoisotopic (exact) mass is 506 g/mol. The molecule has 0 radical (unpaired) electrons. The number of carboxylic acid groups (broad SMARTS) is 1. The smallest absolute Gasteiger partial charge is 0.416 e. The van der Waals surface area contributed by atoms with Crippen molar-refractivity contribution in [3.05, 3.63) is 35.4 Å². The molecule has 1 aromatic carbocycles. The summed E-state index contributed by atoms with van der Waals surface area (Å²) >= 11 is 0. The van der Waals surface area contributed by atoms with Gasteiger partial charge in [-0.3, -0.25) is 14.5 Å². The van der Waals surface area contributed by atoms with E-state index in [0.717, 1.165) is 22.1 Å². The number of hydrogen-bond donors (Lipinski definition) is 1. The second kappa shape index (κ2) is 10.2. The molecule has 0 unspecified atom stereocenters. The number of halogens is 3. The van der Waals surface area contributed by atoms with Crippen LogP contribution in [0.3, 0.4) is 0 Å². The van der Waals surface area contributed by atoms with Crippen LogP contribution >= 0.6 is 0 Å². The molecule has 1 rings (SSSR count). The van der Waals surface area contributed by atoms with Gasteiger partial charge < -0.3 is 9.53 Å². The Bertz CT molecular complexity index is 861. The Balaban J connectivity index is 3.87. The lowest BCUT2D eigenvalue weighted by Gasteiger charge is -2.46. The van der Waals surface area contributed by atoms with Crippen LogP contribution in [0, 0.1) is 0 Å². The van der Waals surface area contributed by atoms with Crippen LogP contribution in [0.15, 0.2) is 24.3 Å². The van der Waals surface area contributed by atoms with Gasteiger partial charge in [0.25, 0.3) is 5.91 Å². The summed E-state index contributed by atoms with van der Waals surface area (Å²) in [6.45, 7) is 14.7. The lowest BCUT2D eigenvalue weighted by Crippen LogP contribution is -2.60. The van der Waals surface area contributed by atoms with Crippen LogP contribution in [-0.2, 0) is 20.2 Å². The number of rotatable bonds is 7. The number of amides is 2. The van der Waals surface area contributed by atoms with Crippen molar-refractivity contribution < 1.29 is 37.1 Å². The van der Waals surface area contributed by atoms with Gasteiger partial charge in [-0.15, -0.1) is 0 Å². The minimum atomic E-state index is -4.54. The van der Waals surface area contributed by atoms with E-state index in [9.17, 15) is 27.9 Å². The summed E-state index contributed by atoms with van der Waals surface area (Å²) in [4.78, 5) is 31.9. The summed E-state index contributed by atoms with van der Waals surface area (Å²) in [5, 5.41) is 10.7. The maximum Gasteiger partial charge on any atom is 0.416 e. The summed E-state index contributed by atoms with van der Waals surface area (Å²) in [7, 11) is -0.0434. The molecular weight excluding hydrogens is 469 g/mol. The fourth-order valence-corrected chi connectivity index (χ4v) is 4.40. The first-order valence-electron chi connectivity index (χ1n) is 10.8. The predicted octanol–water partition coefficient (Wildman–Crippen LogP) is 5.94. The number of carbonyl (C=O) groups is 2. The van der Waals surface area contributed by atoms with Gasteiger partial charge in [0.2, 0.25) is 0 Å². The number of benzene rings is 1. The van der Waals surface area contributed by atoms with Gasteiger partial charge >= 0.3 is 12.3 Å². The summed E-state index contributed by atoms with van der Waals surface area (Å²) in [5.41, 5.74) is -1.64. The average Bonchev–Trinajstić information content (AvgIpc) is 2.66. The van der Waals surface area contributed by atoms with Crippen LogP contribution < -0.4 is 0 Å². The van der Waals surface area contributed by atoms with Gasteiger partial charge in [-0.05, 0) is 56.6 Å². The van der Waals surface area contributed by atoms with Gasteiger partial charge in [-0.1, -0.05) is 32.9 Å². The zero-order valence-electron chi connectivity index (χ0n) is 21.6. The van der Waals surface area contributed by atoms with Gasteiger partial charge in [-0.2, -0.15) is 13.2 Å². The molecule has 0 aliphatic heterocycles. The number of alkyl halides is 3. The summed E-state index contributed by atoms with van der Waals surface area (Å²) < 4.78 is 46.1. The molecule has 2 atom stereocenters. The number of hydroxylamine groups is 2. The Hall–Kier alpha value is -2.11. The van der Waals surface area contributed by atoms with Gasteiger partial charge in [0, 0.05) is 12.6 Å². The minimum absolute atomic E-state index is 0.260. The SMILES string of the molecule is CON(C)C(=O)[C@H]([C@@H](O[Si](C)(C)C(C)(C)C)c1ccc(C(F)(F)F)cc1)N(C(=O)O)C(C)(C)C. The first-order valence-corrected chi connectivity index (χ1v) is 13.7. The fourth-order valence-electron chi connectivity index (χ4n) is 3.15. The highest BCUT2D eigenvalue weighted by Crippen LogP contribution is 2.43. The second-order valence-electron chi connectivity index (χ2n) is 10.7. The lowest BCUT2D eigenvalue weighted by molar-refractivity contribution is -0.179. The minimum Gasteiger partial charge on any atom is -0.465 e. The third-order valence-electron chi connectivity index (χ3n) is 6.13. The van der Waals surface area contributed by atoms with Crippen LogP contribution in [0.1, 0.15) is 58.8 Å². The number of carbonyl (C=O) groups excluding carboxylic acids is 1. The molecule has 7 nitrogen and oxygen atoms in total. The van der Waals surface area contributed by atoms with Crippen molar-refractivity contribution >= 4 is 20.3 Å². The molecule has 1 N–H and O–H groups in total. The zero-order valence-corrected chi connectivity index (χ0v) is 22.6. The lowest BCUT2D eigenvalue weighted by atomic mass is 9.94. The van der Waals surface area contributed by atoms with E-state index in [1.165, 1.54) is 26.3 Å². The molecule has 1 aromatic rings. The van der Waals surface area contributed by atoms with Crippen molar-refractivity contribution in [1.29, 1.82) is 0 Å². The molecule has 34 heavy (non-hydrogen) atoms. The number of nitrogens with zero attached hydrogens (tertiary/aromatic N) is 2. The molecule has 11 heteroatoms. The molecule has 0 saturated carbocycles. The third kappa shape index (κ3) is 6.95. The van der Waals surface area contributed by atoms with Gasteiger partial charge in [0.15, 0.2) is 8.32 Å². The van der Waals surface area contributed by atoms with Crippen molar-refractivity contribution in [3.8, 4) is 0 Å². The quantitative estimate of drug-likeness (QED) is 0.366. The molecular formula is C23H37F3N2O5Si. The topological polar surface area (TPSA) is 79.3 Å². The Morgan fingerprint density at radius 1 is 1.00 bits per heavy atom. The standard InChI is InChI=1S/C23H37F3N2O5Si/c1-21(2,3)28(20(30)31)17(19(29)27(7)32-8)18(33-34(9,10)22(4,5)6)15-11-13-16(14-12-15)23(24,25)26/h11-14,17-18H,1-10H3,(H,30,31)/t17-,18-/m0/s1. The first kappa shape index (κ1) is 29.9. The molecule has 0 aromatic heterocycles. The van der Waals surface area contributed by atoms with Crippen molar-refractivity contribution in [2.45, 2.75) is 83.5 Å². The third-order valence-corrected chi connectivity index (χ3v) is 10.6. The second-order valence-corrected chi connectivity index (χ2v) is 15.5. The molecule has 2 amide bonds. The molecule has 0 spiro atoms. The maximum absolute atomic E-state index is 13.5. The highest BCUT2D eigenvalue weighted by atomic mass is 28.4. The summed E-state index contributed by atoms with van der Waals surface area (Å²) in [5.74, 6) is -0.705. The van der Waals surface area contributed by atoms with Gasteiger partial charge in [0.05, 0.1) is 12.7 Å². The molecule has 0 aliphatic rings. The Labute approximate surface area is 200 Å². The van der Waals surface area contributed by atoms with Crippen molar-refractivity contribution in [3.63, 3.8) is 0 Å². The highest BCUT2D eigenvalue weighted by molar-refractivity contribution is 6.74. The molecule has 194 valence electrons. The van der Waals surface area contributed by atoms with Crippen molar-refractivity contribution in [2.75, 3.05) is 14.2 Å². The molecule has 0 aliphatic carbocycles. The van der Waals surface area contributed by atoms with Crippen LogP contribution in [0.2, 0.25) is 18.1 Å². The van der Waals surface area contributed by atoms with E-state index >= 15 is 0 Å². The molecule has 0 bridgehead atoms. The Morgan fingerprint density at radius 2 is 1.47 bits per heavy atom. The molecule has 0 heterocycles. The fraction of sp³-hybridized carbons (Fsp3) is 0.652.